The number of fused-ring (bicyclic) bond motifs is 1. The maximum Gasteiger partial charge on any atom is 0.308 e. The highest BCUT2D eigenvalue weighted by Crippen LogP contribution is 2.38. The van der Waals surface area contributed by atoms with E-state index in [0.29, 0.717) is 0 Å². The molecule has 2 saturated heterocycles. The molecule has 2 aliphatic heterocycles. The number of carboxylic acid groups (broad SMARTS) is 1. The van der Waals surface area contributed by atoms with E-state index in [1.54, 1.807) is 0 Å². The van der Waals surface area contributed by atoms with E-state index in [1.807, 2.05) is 0 Å². The number of carbonyl (C=O) groups excluding carboxylic acids is 1. The van der Waals surface area contributed by atoms with Gasteiger partial charge in [-0.1, -0.05) is 0 Å². The van der Waals surface area contributed by atoms with Gasteiger partial charge in [0.15, 0.2) is 5.76 Å². The molecule has 0 unspecified atom stereocenters. The van der Waals surface area contributed by atoms with Crippen molar-refractivity contribution in [2.45, 2.75) is 86.8 Å². The van der Waals surface area contributed by atoms with Crippen molar-refractivity contribution in [3.8, 4) is 34.3 Å². The van der Waals surface area contributed by atoms with E-state index < -0.39 is 127 Å². The Bertz CT molecular complexity index is 1840. The van der Waals surface area contributed by atoms with Gasteiger partial charge >= 0.3 is 11.9 Å². The van der Waals surface area contributed by atoms with Crippen molar-refractivity contribution in [3.63, 3.8) is 0 Å². The Kier molecular flexibility index (Phi) is 11.8. The first kappa shape index (κ1) is 39.6. The lowest BCUT2D eigenvalue weighted by Gasteiger charge is -2.40. The molecule has 3 aromatic rings. The molecule has 0 aliphatic carbocycles. The molecule has 5 rings (SSSR count). The number of aliphatic hydroxyl groups excluding tert-OH is 7. The standard InChI is InChI=1S/C33H38O20/c1-33(47,8-19(37)38)9-20(39)48-11-18-23(41)26(44)28(46)32(52-18)53-30-24(42)21-15(36)6-14(49-31-27(45)25(43)22(40)17(10-34)51-31)7-16(21)50-29(30)12-2-4-13(35)5-3-12/h2-7,17-18,22-23,25-28,31-32,34-36,40-41,43-47H,8-11H2,1H3,(H,37,38)/t17-,18-,22-,23-,25+,26+,27-,28-,31-,32+,33-/m1/s1. The van der Waals surface area contributed by atoms with Crippen LogP contribution in [0.3, 0.4) is 0 Å². The van der Waals surface area contributed by atoms with Crippen LogP contribution in [0.15, 0.2) is 45.6 Å². The van der Waals surface area contributed by atoms with Crippen LogP contribution in [-0.2, 0) is 23.8 Å². The summed E-state index contributed by atoms with van der Waals surface area (Å²) in [5.74, 6) is -4.82. The van der Waals surface area contributed by atoms with Crippen molar-refractivity contribution in [3.05, 3.63) is 46.6 Å². The monoisotopic (exact) mass is 754 g/mol. The summed E-state index contributed by atoms with van der Waals surface area (Å²) < 4.78 is 33.2. The highest BCUT2D eigenvalue weighted by Gasteiger charge is 2.47. The number of carboxylic acids is 1. The molecule has 0 spiro atoms. The second kappa shape index (κ2) is 15.8. The van der Waals surface area contributed by atoms with E-state index in [2.05, 4.69) is 0 Å². The Morgan fingerprint density at radius 2 is 1.40 bits per heavy atom. The molecular weight excluding hydrogens is 716 g/mol. The third-order valence-electron chi connectivity index (χ3n) is 8.50. The van der Waals surface area contributed by atoms with E-state index in [9.17, 15) is 65.4 Å². The van der Waals surface area contributed by atoms with Crippen LogP contribution in [0.2, 0.25) is 0 Å². The Morgan fingerprint density at radius 3 is 2.00 bits per heavy atom. The Morgan fingerprint density at radius 1 is 0.811 bits per heavy atom. The molecule has 0 saturated carbocycles. The zero-order chi connectivity index (χ0) is 38.9. The topological polar surface area (TPSA) is 333 Å². The van der Waals surface area contributed by atoms with Crippen molar-refractivity contribution in [1.82, 2.24) is 0 Å². The second-order valence-electron chi connectivity index (χ2n) is 12.8. The third-order valence-corrected chi connectivity index (χ3v) is 8.50. The predicted octanol–water partition coefficient (Wildman–Crippen LogP) is -2.60. The number of ether oxygens (including phenoxy) is 5. The molecule has 2 aromatic carbocycles. The zero-order valence-electron chi connectivity index (χ0n) is 27.7. The molecule has 3 heterocycles. The summed E-state index contributed by atoms with van der Waals surface area (Å²) in [6.07, 6.45) is -19.4. The lowest BCUT2D eigenvalue weighted by atomic mass is 9.98. The van der Waals surface area contributed by atoms with Crippen molar-refractivity contribution >= 4 is 22.9 Å². The molecule has 290 valence electrons. The molecule has 0 radical (unpaired) electrons. The fourth-order valence-electron chi connectivity index (χ4n) is 5.73. The number of aliphatic carboxylic acids is 1. The van der Waals surface area contributed by atoms with Gasteiger partial charge in [-0.05, 0) is 31.2 Å². The molecule has 11 atom stereocenters. The summed E-state index contributed by atoms with van der Waals surface area (Å²) in [7, 11) is 0. The molecule has 2 fully saturated rings. The number of phenols is 2. The predicted molar refractivity (Wildman–Crippen MR) is 171 cm³/mol. The number of hydrogen-bond acceptors (Lipinski definition) is 19. The van der Waals surface area contributed by atoms with Gasteiger partial charge in [0, 0.05) is 17.7 Å². The highest BCUT2D eigenvalue weighted by molar-refractivity contribution is 5.88. The second-order valence-corrected chi connectivity index (χ2v) is 12.8. The van der Waals surface area contributed by atoms with Gasteiger partial charge in [-0.15, -0.1) is 0 Å². The zero-order valence-corrected chi connectivity index (χ0v) is 27.7. The molecule has 11 N–H and O–H groups in total. The van der Waals surface area contributed by atoms with Crippen LogP contribution >= 0.6 is 0 Å². The maximum absolute atomic E-state index is 14.0. The lowest BCUT2D eigenvalue weighted by molar-refractivity contribution is -0.278. The molecule has 0 amide bonds. The van der Waals surface area contributed by atoms with Crippen LogP contribution in [-0.4, -0.2) is 148 Å². The average molecular weight is 755 g/mol. The smallest absolute Gasteiger partial charge is 0.308 e. The first-order chi connectivity index (χ1) is 24.9. The number of rotatable bonds is 12. The summed E-state index contributed by atoms with van der Waals surface area (Å²) in [6, 6.07) is 7.07. The number of carbonyl (C=O) groups is 2. The first-order valence-electron chi connectivity index (χ1n) is 16.0. The summed E-state index contributed by atoms with van der Waals surface area (Å²) in [5.41, 5.74) is -3.33. The van der Waals surface area contributed by atoms with Crippen LogP contribution < -0.4 is 14.9 Å². The van der Waals surface area contributed by atoms with Crippen LogP contribution in [0.1, 0.15) is 19.8 Å². The van der Waals surface area contributed by atoms with E-state index in [0.717, 1.165) is 19.1 Å². The highest BCUT2D eigenvalue weighted by atomic mass is 16.7. The van der Waals surface area contributed by atoms with Gasteiger partial charge < -0.3 is 84.3 Å². The van der Waals surface area contributed by atoms with Gasteiger partial charge in [-0.25, -0.2) is 0 Å². The Hall–Kier alpha value is -4.61. The van der Waals surface area contributed by atoms with E-state index in [1.165, 1.54) is 24.3 Å². The van der Waals surface area contributed by atoms with Gasteiger partial charge in [0.05, 0.1) is 25.0 Å². The van der Waals surface area contributed by atoms with Gasteiger partial charge in [0.25, 0.3) is 0 Å². The first-order valence-corrected chi connectivity index (χ1v) is 16.0. The third kappa shape index (κ3) is 8.63. The van der Waals surface area contributed by atoms with Crippen LogP contribution in [0, 0.1) is 0 Å². The minimum absolute atomic E-state index is 0.0846. The number of aromatic hydroxyl groups is 2. The maximum atomic E-state index is 14.0. The number of phenolic OH excluding ortho intramolecular Hbond substituents is 2. The van der Waals surface area contributed by atoms with E-state index in [4.69, 9.17) is 33.2 Å². The van der Waals surface area contributed by atoms with Crippen molar-refractivity contribution < 1.29 is 93.9 Å². The fraction of sp³-hybridized carbons (Fsp3) is 0.485. The van der Waals surface area contributed by atoms with Crippen LogP contribution in [0.5, 0.6) is 23.0 Å². The molecule has 20 heteroatoms. The van der Waals surface area contributed by atoms with Crippen LogP contribution in [0.25, 0.3) is 22.3 Å². The summed E-state index contributed by atoms with van der Waals surface area (Å²) in [4.78, 5) is 37.3. The summed E-state index contributed by atoms with van der Waals surface area (Å²) in [5, 5.41) is 111. The van der Waals surface area contributed by atoms with E-state index >= 15 is 0 Å². The Labute approximate surface area is 297 Å². The average Bonchev–Trinajstić information content (AvgIpc) is 3.08. The van der Waals surface area contributed by atoms with Gasteiger partial charge in [0.1, 0.15) is 83.7 Å². The molecular formula is C33H38O20. The molecule has 20 nitrogen and oxygen atoms in total. The van der Waals surface area contributed by atoms with Gasteiger partial charge in [0.2, 0.25) is 23.8 Å². The number of esters is 1. The summed E-state index contributed by atoms with van der Waals surface area (Å²) >= 11 is 0. The number of aliphatic hydroxyl groups is 8. The molecule has 1 aromatic heterocycles. The van der Waals surface area contributed by atoms with Gasteiger partial charge in [-0.2, -0.15) is 0 Å². The fourth-order valence-corrected chi connectivity index (χ4v) is 5.73. The van der Waals surface area contributed by atoms with Crippen molar-refractivity contribution in [2.24, 2.45) is 0 Å². The quantitative estimate of drug-likeness (QED) is 0.0844. The summed E-state index contributed by atoms with van der Waals surface area (Å²) in [6.45, 7) is -0.451. The molecule has 0 bridgehead atoms. The Balaban J connectivity index is 1.46. The normalized spacial score (nSPS) is 30.0. The minimum Gasteiger partial charge on any atom is -0.508 e. The SMILES string of the molecule is C[C@@](O)(CC(=O)O)CC(=O)OC[C@H]1O[C@@H](Oc2c(-c3ccc(O)cc3)oc3cc(O[C@@H]4O[C@H](CO)[C@@H](O)[C@H](O)[C@H]4O)cc(O)c3c2=O)[C@H](O)[C@@H](O)[C@@H]1O. The molecule has 2 aliphatic rings. The lowest BCUT2D eigenvalue weighted by Crippen LogP contribution is -2.60. The number of hydrogen-bond donors (Lipinski definition) is 11. The van der Waals surface area contributed by atoms with Crippen molar-refractivity contribution in [1.29, 1.82) is 0 Å². The van der Waals surface area contributed by atoms with Crippen molar-refractivity contribution in [2.75, 3.05) is 13.2 Å². The minimum atomic E-state index is -2.04. The largest absolute Gasteiger partial charge is 0.508 e. The number of benzene rings is 2. The van der Waals surface area contributed by atoms with Gasteiger partial charge in [-0.3, -0.25) is 14.4 Å². The molecule has 53 heavy (non-hydrogen) atoms. The van der Waals surface area contributed by atoms with E-state index in [-0.39, 0.29) is 28.4 Å². The van der Waals surface area contributed by atoms with Crippen LogP contribution in [0.4, 0.5) is 0 Å².